The van der Waals surface area contributed by atoms with Gasteiger partial charge in [-0.1, -0.05) is 11.2 Å². The van der Waals surface area contributed by atoms with Crippen LogP contribution in [0.1, 0.15) is 11.5 Å². The van der Waals surface area contributed by atoms with Crippen molar-refractivity contribution in [3.05, 3.63) is 53.2 Å². The number of hydrogen-bond donors (Lipinski definition) is 1. The van der Waals surface area contributed by atoms with E-state index in [2.05, 4.69) is 10.5 Å². The molecule has 2 heterocycles. The first-order chi connectivity index (χ1) is 13.3. The molecule has 0 spiro atoms. The van der Waals surface area contributed by atoms with Crippen molar-refractivity contribution in [2.45, 2.75) is 18.1 Å². The monoisotopic (exact) mass is 421 g/mol. The van der Waals surface area contributed by atoms with Crippen molar-refractivity contribution in [3.8, 4) is 5.75 Å². The van der Waals surface area contributed by atoms with Crippen LogP contribution >= 0.6 is 11.3 Å². The summed E-state index contributed by atoms with van der Waals surface area (Å²) in [6.45, 7) is 3.23. The molecule has 0 bridgehead atoms. The quantitative estimate of drug-likeness (QED) is 0.629. The Balaban J connectivity index is 1.61. The molecular weight excluding hydrogens is 402 g/mol. The van der Waals surface area contributed by atoms with Crippen LogP contribution in [0.25, 0.3) is 0 Å². The third-order valence-corrected chi connectivity index (χ3v) is 7.14. The lowest BCUT2D eigenvalue weighted by Gasteiger charge is -2.18. The second-order valence-corrected chi connectivity index (χ2v) is 9.08. The largest absolute Gasteiger partial charge is 0.484 e. The number of aryl methyl sites for hydroxylation is 2. The summed E-state index contributed by atoms with van der Waals surface area (Å²) in [7, 11) is -2.10. The van der Waals surface area contributed by atoms with Crippen LogP contribution in [0, 0.1) is 13.8 Å². The molecule has 0 aliphatic carbocycles. The molecule has 2 aromatic heterocycles. The maximum absolute atomic E-state index is 12.5. The zero-order valence-corrected chi connectivity index (χ0v) is 17.1. The van der Waals surface area contributed by atoms with Crippen LogP contribution in [-0.2, 0) is 14.8 Å². The van der Waals surface area contributed by atoms with Gasteiger partial charge in [0.25, 0.3) is 15.9 Å². The Morgan fingerprint density at radius 2 is 1.96 bits per heavy atom. The van der Waals surface area contributed by atoms with Gasteiger partial charge in [-0.25, -0.2) is 8.42 Å². The average Bonchev–Trinajstić information content (AvgIpc) is 3.33. The highest BCUT2D eigenvalue weighted by atomic mass is 32.2. The lowest BCUT2D eigenvalue weighted by molar-refractivity contribution is -0.118. The molecule has 10 heteroatoms. The molecular formula is C18H19N3O5S2. The highest BCUT2D eigenvalue weighted by molar-refractivity contribution is 7.94. The van der Waals surface area contributed by atoms with Gasteiger partial charge in [0.15, 0.2) is 12.4 Å². The Bertz CT molecular complexity index is 1040. The van der Waals surface area contributed by atoms with E-state index < -0.39 is 10.0 Å². The van der Waals surface area contributed by atoms with Crippen LogP contribution in [0.3, 0.4) is 0 Å². The molecule has 0 radical (unpaired) electrons. The molecule has 0 saturated carbocycles. The van der Waals surface area contributed by atoms with E-state index in [1.807, 2.05) is 0 Å². The summed E-state index contributed by atoms with van der Waals surface area (Å²) in [4.78, 5) is 12.0. The molecule has 8 nitrogen and oxygen atoms in total. The van der Waals surface area contributed by atoms with Crippen LogP contribution in [0.5, 0.6) is 5.75 Å². The minimum absolute atomic E-state index is 0.202. The SMILES string of the molecule is Cc1noc(C)c1NC(=O)COc1ccc(N(C)S(=O)(=O)c2cccs2)cc1. The van der Waals surface area contributed by atoms with Gasteiger partial charge in [-0.3, -0.25) is 9.10 Å². The lowest BCUT2D eigenvalue weighted by atomic mass is 10.3. The van der Waals surface area contributed by atoms with Crippen LogP contribution in [0.15, 0.2) is 50.5 Å². The van der Waals surface area contributed by atoms with Crippen molar-refractivity contribution < 1.29 is 22.5 Å². The molecule has 0 saturated heterocycles. The van der Waals surface area contributed by atoms with E-state index in [4.69, 9.17) is 9.26 Å². The Morgan fingerprint density at radius 3 is 2.54 bits per heavy atom. The third kappa shape index (κ3) is 4.18. The van der Waals surface area contributed by atoms with E-state index in [0.717, 1.165) is 11.3 Å². The average molecular weight is 422 g/mol. The Labute approximate surface area is 166 Å². The van der Waals surface area contributed by atoms with Crippen LogP contribution in [0.2, 0.25) is 0 Å². The van der Waals surface area contributed by atoms with Crippen LogP contribution in [-0.4, -0.2) is 33.1 Å². The molecule has 0 fully saturated rings. The number of ether oxygens (including phenoxy) is 1. The fraction of sp³-hybridized carbons (Fsp3) is 0.222. The summed E-state index contributed by atoms with van der Waals surface area (Å²) < 4.78 is 37.0. The number of nitrogens with one attached hydrogen (secondary N) is 1. The minimum Gasteiger partial charge on any atom is -0.484 e. The maximum atomic E-state index is 12.5. The minimum atomic E-state index is -3.59. The van der Waals surface area contributed by atoms with Crippen LogP contribution < -0.4 is 14.4 Å². The third-order valence-electron chi connectivity index (χ3n) is 3.98. The van der Waals surface area contributed by atoms with Gasteiger partial charge in [0.05, 0.1) is 5.69 Å². The molecule has 3 aromatic rings. The smallest absolute Gasteiger partial charge is 0.273 e. The molecule has 0 aliphatic rings. The number of carbonyl (C=O) groups is 1. The predicted molar refractivity (Wildman–Crippen MR) is 106 cm³/mol. The van der Waals surface area contributed by atoms with E-state index in [-0.39, 0.29) is 16.7 Å². The second-order valence-electron chi connectivity index (χ2n) is 5.93. The highest BCUT2D eigenvalue weighted by Crippen LogP contribution is 2.26. The molecule has 0 unspecified atom stereocenters. The Kier molecular flexibility index (Phi) is 5.71. The molecule has 28 heavy (non-hydrogen) atoms. The van der Waals surface area contributed by atoms with Gasteiger partial charge in [-0.15, -0.1) is 11.3 Å². The summed E-state index contributed by atoms with van der Waals surface area (Å²) in [5.41, 5.74) is 1.61. The first-order valence-corrected chi connectivity index (χ1v) is 10.6. The normalized spacial score (nSPS) is 11.2. The van der Waals surface area contributed by atoms with Crippen molar-refractivity contribution in [3.63, 3.8) is 0 Å². The number of amides is 1. The van der Waals surface area contributed by atoms with E-state index in [1.165, 1.54) is 11.4 Å². The number of nitrogens with zero attached hydrogens (tertiary/aromatic N) is 2. The van der Waals surface area contributed by atoms with Gasteiger partial charge in [-0.2, -0.15) is 0 Å². The fourth-order valence-corrected chi connectivity index (χ4v) is 4.78. The zero-order chi connectivity index (χ0) is 20.3. The number of hydrogen-bond acceptors (Lipinski definition) is 7. The standard InChI is InChI=1S/C18H19N3O5S2/c1-12-18(13(2)26-20-12)19-16(22)11-25-15-8-6-14(7-9-15)21(3)28(23,24)17-5-4-10-27-17/h4-10H,11H2,1-3H3,(H,19,22). The topological polar surface area (TPSA) is 102 Å². The molecule has 1 aromatic carbocycles. The number of thiophene rings is 1. The Hall–Kier alpha value is -2.85. The van der Waals surface area contributed by atoms with Crippen molar-refractivity contribution in [2.24, 2.45) is 0 Å². The van der Waals surface area contributed by atoms with E-state index in [0.29, 0.717) is 28.6 Å². The summed E-state index contributed by atoms with van der Waals surface area (Å²) in [6.07, 6.45) is 0. The molecule has 1 amide bonds. The van der Waals surface area contributed by atoms with E-state index in [9.17, 15) is 13.2 Å². The van der Waals surface area contributed by atoms with Crippen molar-refractivity contribution in [1.82, 2.24) is 5.16 Å². The first-order valence-electron chi connectivity index (χ1n) is 8.27. The number of aromatic nitrogens is 1. The second kappa shape index (κ2) is 8.03. The van der Waals surface area contributed by atoms with E-state index >= 15 is 0 Å². The highest BCUT2D eigenvalue weighted by Gasteiger charge is 2.22. The van der Waals surface area contributed by atoms with Crippen LogP contribution in [0.4, 0.5) is 11.4 Å². The number of anilines is 2. The van der Waals surface area contributed by atoms with Gasteiger partial charge >= 0.3 is 0 Å². The number of sulfonamides is 1. The molecule has 3 rings (SSSR count). The zero-order valence-electron chi connectivity index (χ0n) is 15.5. The summed E-state index contributed by atoms with van der Waals surface area (Å²) >= 11 is 1.16. The summed E-state index contributed by atoms with van der Waals surface area (Å²) in [5.74, 6) is 0.612. The molecule has 0 aliphatic heterocycles. The van der Waals surface area contributed by atoms with Gasteiger partial charge in [-0.05, 0) is 49.6 Å². The molecule has 1 N–H and O–H groups in total. The number of carbonyl (C=O) groups excluding carboxylic acids is 1. The fourth-order valence-electron chi connectivity index (χ4n) is 2.42. The van der Waals surface area contributed by atoms with Gasteiger partial charge in [0.2, 0.25) is 0 Å². The number of rotatable bonds is 7. The first kappa shape index (κ1) is 19.9. The maximum Gasteiger partial charge on any atom is 0.273 e. The van der Waals surface area contributed by atoms with E-state index in [1.54, 1.807) is 55.6 Å². The number of benzene rings is 1. The summed E-state index contributed by atoms with van der Waals surface area (Å²) in [5, 5.41) is 8.17. The molecule has 0 atom stereocenters. The lowest BCUT2D eigenvalue weighted by Crippen LogP contribution is -2.25. The van der Waals surface area contributed by atoms with Gasteiger partial charge in [0.1, 0.15) is 21.3 Å². The Morgan fingerprint density at radius 1 is 1.25 bits per heavy atom. The van der Waals surface area contributed by atoms with Gasteiger partial charge in [0, 0.05) is 7.05 Å². The predicted octanol–water partition coefficient (Wildman–Crippen LogP) is 3.20. The molecule has 148 valence electrons. The van der Waals surface area contributed by atoms with Crippen molar-refractivity contribution >= 4 is 38.6 Å². The van der Waals surface area contributed by atoms with Gasteiger partial charge < -0.3 is 14.6 Å². The van der Waals surface area contributed by atoms with Crippen molar-refractivity contribution in [2.75, 3.05) is 23.3 Å². The van der Waals surface area contributed by atoms with Crippen molar-refractivity contribution in [1.29, 1.82) is 0 Å². The summed E-state index contributed by atoms with van der Waals surface area (Å²) in [6, 6.07) is 9.71.